The second-order valence-corrected chi connectivity index (χ2v) is 4.61. The van der Waals surface area contributed by atoms with Crippen molar-refractivity contribution in [1.29, 1.82) is 0 Å². The van der Waals surface area contributed by atoms with E-state index in [1.807, 2.05) is 30.3 Å². The SMILES string of the molecule is O=C(O)c1ccc(OCc2ccnc3ccccc23)cc1.[H-].[Na+]. The number of hydrogen-bond acceptors (Lipinski definition) is 3. The fraction of sp³-hybridized carbons (Fsp3) is 0.0588. The van der Waals surface area contributed by atoms with Gasteiger partial charge in [-0.15, -0.1) is 0 Å². The molecule has 0 unspecified atom stereocenters. The van der Waals surface area contributed by atoms with Crippen LogP contribution in [0.25, 0.3) is 10.9 Å². The maximum atomic E-state index is 10.8. The molecule has 4 nitrogen and oxygen atoms in total. The van der Waals surface area contributed by atoms with E-state index >= 15 is 0 Å². The number of fused-ring (bicyclic) bond motifs is 1. The molecule has 1 aromatic heterocycles. The van der Waals surface area contributed by atoms with Gasteiger partial charge in [-0.2, -0.15) is 0 Å². The average molecular weight is 303 g/mol. The second-order valence-electron chi connectivity index (χ2n) is 4.61. The standard InChI is InChI=1S/C17H13NO3.Na.H/c19-17(20)12-5-7-14(8-6-12)21-11-13-9-10-18-16-4-2-1-3-15(13)16;;/h1-10H,11H2,(H,19,20);;/q;+1;-1. The summed E-state index contributed by atoms with van der Waals surface area (Å²) in [4.78, 5) is 15.1. The largest absolute Gasteiger partial charge is 1.00 e. The van der Waals surface area contributed by atoms with Crippen LogP contribution < -0.4 is 34.3 Å². The van der Waals surface area contributed by atoms with Crippen LogP contribution in [0.1, 0.15) is 17.3 Å². The molecule has 1 heterocycles. The van der Waals surface area contributed by atoms with Gasteiger partial charge >= 0.3 is 35.5 Å². The van der Waals surface area contributed by atoms with E-state index in [1.54, 1.807) is 18.3 Å². The third-order valence-corrected chi connectivity index (χ3v) is 3.23. The van der Waals surface area contributed by atoms with Crippen LogP contribution in [-0.4, -0.2) is 16.1 Å². The third-order valence-electron chi connectivity index (χ3n) is 3.23. The van der Waals surface area contributed by atoms with Gasteiger partial charge in [-0.1, -0.05) is 18.2 Å². The number of nitrogens with zero attached hydrogens (tertiary/aromatic N) is 1. The molecule has 0 bridgehead atoms. The fourth-order valence-electron chi connectivity index (χ4n) is 2.14. The molecule has 0 atom stereocenters. The number of ether oxygens (including phenoxy) is 1. The van der Waals surface area contributed by atoms with Crippen LogP contribution in [0.3, 0.4) is 0 Å². The van der Waals surface area contributed by atoms with Gasteiger partial charge in [-0.05, 0) is 36.4 Å². The molecule has 0 aliphatic carbocycles. The van der Waals surface area contributed by atoms with Gasteiger partial charge in [0.25, 0.3) is 0 Å². The minimum atomic E-state index is -0.943. The first-order valence-corrected chi connectivity index (χ1v) is 6.53. The number of carboxylic acid groups (broad SMARTS) is 1. The molecule has 3 rings (SSSR count). The Hall–Kier alpha value is -1.88. The summed E-state index contributed by atoms with van der Waals surface area (Å²) in [6.45, 7) is 0.412. The predicted octanol–water partition coefficient (Wildman–Crippen LogP) is 0.628. The quantitative estimate of drug-likeness (QED) is 0.718. The summed E-state index contributed by atoms with van der Waals surface area (Å²) in [6, 6.07) is 16.2. The smallest absolute Gasteiger partial charge is 1.00 e. The molecule has 1 N–H and O–H groups in total. The van der Waals surface area contributed by atoms with Crippen molar-refractivity contribution >= 4 is 16.9 Å². The van der Waals surface area contributed by atoms with E-state index in [4.69, 9.17) is 9.84 Å². The van der Waals surface area contributed by atoms with Crippen LogP contribution in [-0.2, 0) is 6.61 Å². The van der Waals surface area contributed by atoms with E-state index in [2.05, 4.69) is 4.98 Å². The van der Waals surface area contributed by atoms with Crippen molar-refractivity contribution in [2.75, 3.05) is 0 Å². The van der Waals surface area contributed by atoms with Crippen LogP contribution in [0.5, 0.6) is 5.75 Å². The van der Waals surface area contributed by atoms with Crippen molar-refractivity contribution in [2.45, 2.75) is 6.61 Å². The Morgan fingerprint density at radius 3 is 2.55 bits per heavy atom. The number of pyridine rings is 1. The zero-order valence-electron chi connectivity index (χ0n) is 13.2. The molecule has 0 aliphatic rings. The number of hydrogen-bond donors (Lipinski definition) is 1. The maximum Gasteiger partial charge on any atom is 1.00 e. The molecule has 0 spiro atoms. The number of carbonyl (C=O) groups is 1. The van der Waals surface area contributed by atoms with Crippen LogP contribution in [0.2, 0.25) is 0 Å². The predicted molar refractivity (Wildman–Crippen MR) is 80.6 cm³/mol. The molecule has 0 saturated heterocycles. The molecule has 3 aromatic rings. The molecule has 106 valence electrons. The zero-order chi connectivity index (χ0) is 14.7. The van der Waals surface area contributed by atoms with E-state index in [9.17, 15) is 4.79 Å². The van der Waals surface area contributed by atoms with Crippen molar-refractivity contribution in [1.82, 2.24) is 4.98 Å². The molecule has 0 amide bonds. The van der Waals surface area contributed by atoms with Crippen molar-refractivity contribution in [3.63, 3.8) is 0 Å². The first kappa shape index (κ1) is 16.5. The molecule has 5 heteroatoms. The Morgan fingerprint density at radius 2 is 1.82 bits per heavy atom. The van der Waals surface area contributed by atoms with E-state index < -0.39 is 5.97 Å². The first-order valence-electron chi connectivity index (χ1n) is 6.53. The van der Waals surface area contributed by atoms with Crippen molar-refractivity contribution in [2.24, 2.45) is 0 Å². The number of carboxylic acids is 1. The fourth-order valence-corrected chi connectivity index (χ4v) is 2.14. The van der Waals surface area contributed by atoms with E-state index in [-0.39, 0.29) is 36.5 Å². The minimum Gasteiger partial charge on any atom is -1.00 e. The average Bonchev–Trinajstić information content (AvgIpc) is 2.53. The molecule has 22 heavy (non-hydrogen) atoms. The van der Waals surface area contributed by atoms with E-state index in [0.717, 1.165) is 16.5 Å². The molecular weight excluding hydrogens is 289 g/mol. The summed E-state index contributed by atoms with van der Waals surface area (Å²) >= 11 is 0. The van der Waals surface area contributed by atoms with Crippen molar-refractivity contribution in [3.05, 3.63) is 71.9 Å². The molecular formula is C17H14NNaO3. The number of aromatic nitrogens is 1. The number of aromatic carboxylic acids is 1. The van der Waals surface area contributed by atoms with Gasteiger partial charge in [-0.3, -0.25) is 4.98 Å². The Balaban J connectivity index is 0.00000132. The van der Waals surface area contributed by atoms with Gasteiger partial charge in [-0.25, -0.2) is 4.79 Å². The molecule has 0 fully saturated rings. The van der Waals surface area contributed by atoms with Gasteiger partial charge < -0.3 is 11.3 Å². The Labute approximate surface area is 151 Å². The zero-order valence-corrected chi connectivity index (χ0v) is 14.2. The summed E-state index contributed by atoms with van der Waals surface area (Å²) in [7, 11) is 0. The minimum absolute atomic E-state index is 0. The Kier molecular flexibility index (Phi) is 5.55. The van der Waals surface area contributed by atoms with E-state index in [0.29, 0.717) is 12.4 Å². The number of para-hydroxylation sites is 1. The van der Waals surface area contributed by atoms with Crippen LogP contribution in [0.15, 0.2) is 60.8 Å². The first-order chi connectivity index (χ1) is 10.2. The van der Waals surface area contributed by atoms with Gasteiger partial charge in [0.15, 0.2) is 0 Å². The second kappa shape index (κ2) is 7.40. The Morgan fingerprint density at radius 1 is 1.09 bits per heavy atom. The topological polar surface area (TPSA) is 59.4 Å². The van der Waals surface area contributed by atoms with Gasteiger partial charge in [0.1, 0.15) is 12.4 Å². The summed E-state index contributed by atoms with van der Waals surface area (Å²) in [6.07, 6.45) is 1.76. The molecule has 0 saturated carbocycles. The summed E-state index contributed by atoms with van der Waals surface area (Å²) in [5.41, 5.74) is 2.22. The van der Waals surface area contributed by atoms with Gasteiger partial charge in [0.2, 0.25) is 0 Å². The monoisotopic (exact) mass is 303 g/mol. The Bertz CT molecular complexity index is 788. The van der Waals surface area contributed by atoms with Crippen LogP contribution in [0, 0.1) is 0 Å². The molecule has 0 aliphatic heterocycles. The van der Waals surface area contributed by atoms with Crippen LogP contribution in [0.4, 0.5) is 0 Å². The van der Waals surface area contributed by atoms with Crippen LogP contribution >= 0.6 is 0 Å². The molecule has 2 aromatic carbocycles. The summed E-state index contributed by atoms with van der Waals surface area (Å²) < 4.78 is 5.71. The van der Waals surface area contributed by atoms with Gasteiger partial charge in [0, 0.05) is 17.1 Å². The maximum absolute atomic E-state index is 10.8. The van der Waals surface area contributed by atoms with E-state index in [1.165, 1.54) is 12.1 Å². The summed E-state index contributed by atoms with van der Waals surface area (Å²) in [5, 5.41) is 9.91. The van der Waals surface area contributed by atoms with Crippen molar-refractivity contribution < 1.29 is 45.6 Å². The number of benzene rings is 2. The van der Waals surface area contributed by atoms with Gasteiger partial charge in [0.05, 0.1) is 11.1 Å². The van der Waals surface area contributed by atoms with Crippen molar-refractivity contribution in [3.8, 4) is 5.75 Å². The molecule has 0 radical (unpaired) electrons. The third kappa shape index (κ3) is 3.65. The normalized spacial score (nSPS) is 10.0. The number of rotatable bonds is 4. The summed E-state index contributed by atoms with van der Waals surface area (Å²) in [5.74, 6) is -0.303.